The minimum atomic E-state index is 0.346. The predicted octanol–water partition coefficient (Wildman–Crippen LogP) is 4.02. The third-order valence-corrected chi connectivity index (χ3v) is 4.15. The number of rotatable bonds is 3. The summed E-state index contributed by atoms with van der Waals surface area (Å²) in [5.74, 6) is 0.346. The molecular formula is C17H13BrN6. The monoisotopic (exact) mass is 380 g/mol. The molecule has 2 aromatic carbocycles. The average Bonchev–Trinajstić information content (AvgIpc) is 2.94. The first kappa shape index (κ1) is 14.8. The van der Waals surface area contributed by atoms with Crippen molar-refractivity contribution in [3.8, 4) is 0 Å². The second kappa shape index (κ2) is 6.01. The Morgan fingerprint density at radius 3 is 2.79 bits per heavy atom. The first-order valence-corrected chi connectivity index (χ1v) is 8.16. The molecule has 0 aliphatic heterocycles. The summed E-state index contributed by atoms with van der Waals surface area (Å²) in [4.78, 5) is 7.68. The molecule has 0 atom stereocenters. The van der Waals surface area contributed by atoms with E-state index in [1.807, 2.05) is 43.3 Å². The van der Waals surface area contributed by atoms with Gasteiger partial charge in [-0.3, -0.25) is 0 Å². The fourth-order valence-electron chi connectivity index (χ4n) is 2.45. The Kier molecular flexibility index (Phi) is 3.70. The van der Waals surface area contributed by atoms with Crippen molar-refractivity contribution in [2.24, 2.45) is 5.10 Å². The van der Waals surface area contributed by atoms with Gasteiger partial charge in [-0.15, -0.1) is 10.2 Å². The Morgan fingerprint density at radius 1 is 1.12 bits per heavy atom. The number of H-pyrrole nitrogens is 1. The van der Waals surface area contributed by atoms with Gasteiger partial charge in [0.1, 0.15) is 5.52 Å². The minimum Gasteiger partial charge on any atom is -0.338 e. The highest BCUT2D eigenvalue weighted by molar-refractivity contribution is 9.10. The number of nitrogens with zero attached hydrogens (tertiary/aromatic N) is 4. The van der Waals surface area contributed by atoms with E-state index in [-0.39, 0.29) is 0 Å². The van der Waals surface area contributed by atoms with E-state index >= 15 is 0 Å². The number of hydrazone groups is 1. The predicted molar refractivity (Wildman–Crippen MR) is 99.3 cm³/mol. The summed E-state index contributed by atoms with van der Waals surface area (Å²) in [5, 5.41) is 13.5. The van der Waals surface area contributed by atoms with E-state index < -0.39 is 0 Å². The maximum Gasteiger partial charge on any atom is 0.265 e. The molecule has 0 aliphatic carbocycles. The zero-order valence-electron chi connectivity index (χ0n) is 12.8. The molecule has 2 heterocycles. The van der Waals surface area contributed by atoms with E-state index in [2.05, 4.69) is 52.7 Å². The third-order valence-electron chi connectivity index (χ3n) is 3.62. The Labute approximate surface area is 146 Å². The second-order valence-electron chi connectivity index (χ2n) is 5.43. The average molecular weight is 381 g/mol. The smallest absolute Gasteiger partial charge is 0.265 e. The van der Waals surface area contributed by atoms with Crippen LogP contribution in [-0.4, -0.2) is 26.4 Å². The van der Waals surface area contributed by atoms with Crippen LogP contribution in [0.15, 0.2) is 52.0 Å². The van der Waals surface area contributed by atoms with Gasteiger partial charge in [0.2, 0.25) is 0 Å². The summed E-state index contributed by atoms with van der Waals surface area (Å²) in [7, 11) is 0. The highest BCUT2D eigenvalue weighted by Crippen LogP contribution is 2.23. The van der Waals surface area contributed by atoms with Crippen molar-refractivity contribution in [2.45, 2.75) is 6.92 Å². The van der Waals surface area contributed by atoms with E-state index in [1.165, 1.54) is 5.56 Å². The standard InChI is InChI=1S/C17H13BrN6/c1-10-2-7-14-13(8-10)15-16(20-14)21-17(24-22-15)23-19-9-11-3-5-12(18)6-4-11/h2-9H,1H3,(H2,20,21,23,24). The van der Waals surface area contributed by atoms with Crippen LogP contribution in [0.2, 0.25) is 0 Å². The molecule has 0 aliphatic rings. The van der Waals surface area contributed by atoms with Crippen molar-refractivity contribution in [1.82, 2.24) is 20.2 Å². The van der Waals surface area contributed by atoms with Crippen LogP contribution in [0, 0.1) is 6.92 Å². The SMILES string of the molecule is Cc1ccc2[nH]c3nc(NN=Cc4ccc(Br)cc4)nnc3c2c1. The number of anilines is 1. The number of halogens is 1. The summed E-state index contributed by atoms with van der Waals surface area (Å²) in [6.07, 6.45) is 1.70. The minimum absolute atomic E-state index is 0.346. The molecule has 2 N–H and O–H groups in total. The first-order chi connectivity index (χ1) is 11.7. The van der Waals surface area contributed by atoms with Crippen LogP contribution in [0.5, 0.6) is 0 Å². The van der Waals surface area contributed by atoms with Gasteiger partial charge in [-0.25, -0.2) is 5.43 Å². The number of aryl methyl sites for hydroxylation is 1. The molecule has 4 aromatic rings. The molecule has 0 saturated carbocycles. The van der Waals surface area contributed by atoms with Crippen molar-refractivity contribution >= 4 is 50.2 Å². The number of nitrogens with one attached hydrogen (secondary N) is 2. The molecule has 0 radical (unpaired) electrons. The molecule has 7 heteroatoms. The highest BCUT2D eigenvalue weighted by Gasteiger charge is 2.08. The van der Waals surface area contributed by atoms with E-state index in [0.29, 0.717) is 11.6 Å². The van der Waals surface area contributed by atoms with Crippen molar-refractivity contribution in [3.05, 3.63) is 58.1 Å². The molecule has 0 unspecified atom stereocenters. The van der Waals surface area contributed by atoms with Crippen molar-refractivity contribution < 1.29 is 0 Å². The normalized spacial score (nSPS) is 11.6. The summed E-state index contributed by atoms with van der Waals surface area (Å²) in [6.45, 7) is 2.05. The summed E-state index contributed by atoms with van der Waals surface area (Å²) >= 11 is 3.40. The van der Waals surface area contributed by atoms with Crippen LogP contribution < -0.4 is 5.43 Å². The van der Waals surface area contributed by atoms with E-state index in [0.717, 1.165) is 26.5 Å². The fourth-order valence-corrected chi connectivity index (χ4v) is 2.71. The molecule has 0 saturated heterocycles. The van der Waals surface area contributed by atoms with Gasteiger partial charge in [-0.05, 0) is 36.8 Å². The Bertz CT molecular complexity index is 1050. The van der Waals surface area contributed by atoms with E-state index in [4.69, 9.17) is 0 Å². The van der Waals surface area contributed by atoms with Gasteiger partial charge in [0.25, 0.3) is 5.95 Å². The lowest BCUT2D eigenvalue weighted by Gasteiger charge is -1.97. The van der Waals surface area contributed by atoms with Crippen LogP contribution in [0.3, 0.4) is 0 Å². The lowest BCUT2D eigenvalue weighted by molar-refractivity contribution is 1.01. The Hall–Kier alpha value is -2.80. The Morgan fingerprint density at radius 2 is 1.96 bits per heavy atom. The molecule has 24 heavy (non-hydrogen) atoms. The number of hydrogen-bond donors (Lipinski definition) is 2. The fraction of sp³-hybridized carbons (Fsp3) is 0.0588. The molecule has 4 rings (SSSR count). The summed E-state index contributed by atoms with van der Waals surface area (Å²) < 4.78 is 1.03. The highest BCUT2D eigenvalue weighted by atomic mass is 79.9. The number of hydrogen-bond acceptors (Lipinski definition) is 5. The molecule has 0 bridgehead atoms. The van der Waals surface area contributed by atoms with Gasteiger partial charge in [0, 0.05) is 15.4 Å². The Balaban J connectivity index is 1.60. The molecule has 0 amide bonds. The quantitative estimate of drug-likeness (QED) is 0.415. The first-order valence-electron chi connectivity index (χ1n) is 7.36. The van der Waals surface area contributed by atoms with Gasteiger partial charge in [0.15, 0.2) is 5.65 Å². The topological polar surface area (TPSA) is 78.9 Å². The van der Waals surface area contributed by atoms with E-state index in [9.17, 15) is 0 Å². The largest absolute Gasteiger partial charge is 0.338 e. The molecule has 0 fully saturated rings. The molecule has 2 aromatic heterocycles. The lowest BCUT2D eigenvalue weighted by atomic mass is 10.2. The van der Waals surface area contributed by atoms with Gasteiger partial charge in [-0.2, -0.15) is 10.1 Å². The number of aromatic nitrogens is 4. The van der Waals surface area contributed by atoms with Crippen molar-refractivity contribution in [1.29, 1.82) is 0 Å². The zero-order chi connectivity index (χ0) is 16.5. The number of aromatic amines is 1. The van der Waals surface area contributed by atoms with Crippen molar-refractivity contribution in [2.75, 3.05) is 5.43 Å². The van der Waals surface area contributed by atoms with Gasteiger partial charge in [-0.1, -0.05) is 39.7 Å². The summed E-state index contributed by atoms with van der Waals surface area (Å²) in [6, 6.07) is 14.0. The second-order valence-corrected chi connectivity index (χ2v) is 6.34. The zero-order valence-corrected chi connectivity index (χ0v) is 14.4. The molecular weight excluding hydrogens is 368 g/mol. The van der Waals surface area contributed by atoms with Crippen LogP contribution in [0.4, 0.5) is 5.95 Å². The maximum atomic E-state index is 4.43. The van der Waals surface area contributed by atoms with Crippen LogP contribution >= 0.6 is 15.9 Å². The number of benzene rings is 2. The van der Waals surface area contributed by atoms with Gasteiger partial charge < -0.3 is 4.98 Å². The summed E-state index contributed by atoms with van der Waals surface area (Å²) in [5.41, 5.74) is 7.40. The molecule has 6 nitrogen and oxygen atoms in total. The number of fused-ring (bicyclic) bond motifs is 3. The maximum absolute atomic E-state index is 4.43. The molecule has 118 valence electrons. The van der Waals surface area contributed by atoms with Gasteiger partial charge >= 0.3 is 0 Å². The van der Waals surface area contributed by atoms with Crippen LogP contribution in [0.25, 0.3) is 22.1 Å². The van der Waals surface area contributed by atoms with E-state index in [1.54, 1.807) is 6.21 Å². The van der Waals surface area contributed by atoms with Crippen molar-refractivity contribution in [3.63, 3.8) is 0 Å². The van der Waals surface area contributed by atoms with Crippen LogP contribution in [0.1, 0.15) is 11.1 Å². The van der Waals surface area contributed by atoms with Gasteiger partial charge in [0.05, 0.1) is 6.21 Å². The third kappa shape index (κ3) is 2.85. The molecule has 0 spiro atoms. The lowest BCUT2D eigenvalue weighted by Crippen LogP contribution is -1.98. The van der Waals surface area contributed by atoms with Crippen LogP contribution in [-0.2, 0) is 0 Å².